The van der Waals surface area contributed by atoms with Crippen molar-refractivity contribution >= 4 is 43.4 Å². The quantitative estimate of drug-likeness (QED) is 0.475. The summed E-state index contributed by atoms with van der Waals surface area (Å²) >= 11 is 0. The molecule has 0 spiro atoms. The molecule has 9 heteroatoms. The number of aromatic nitrogens is 2. The van der Waals surface area contributed by atoms with Crippen molar-refractivity contribution in [1.29, 1.82) is 0 Å². The minimum Gasteiger partial charge on any atom is -0.360 e. The van der Waals surface area contributed by atoms with Gasteiger partial charge in [0.05, 0.1) is 6.04 Å². The van der Waals surface area contributed by atoms with Gasteiger partial charge in [0.25, 0.3) is 0 Å². The van der Waals surface area contributed by atoms with Crippen molar-refractivity contribution in [2.45, 2.75) is 45.2 Å². The Bertz CT molecular complexity index is 1380. The van der Waals surface area contributed by atoms with Gasteiger partial charge >= 0.3 is 0 Å². The van der Waals surface area contributed by atoms with Gasteiger partial charge in [0.1, 0.15) is 10.6 Å². The van der Waals surface area contributed by atoms with Crippen LogP contribution in [0, 0.1) is 13.8 Å². The Morgan fingerprint density at radius 1 is 1.13 bits per heavy atom. The fourth-order valence-electron chi connectivity index (χ4n) is 3.93. The van der Waals surface area contributed by atoms with Gasteiger partial charge in [-0.2, -0.15) is 4.72 Å². The molecule has 31 heavy (non-hydrogen) atoms. The van der Waals surface area contributed by atoms with Gasteiger partial charge in [-0.1, -0.05) is 23.4 Å². The lowest BCUT2D eigenvalue weighted by molar-refractivity contribution is -0.117. The number of amides is 1. The second kappa shape index (κ2) is 7.82. The number of hydrogen-bond acceptors (Lipinski definition) is 5. The molecule has 0 aliphatic heterocycles. The van der Waals surface area contributed by atoms with E-state index in [2.05, 4.69) is 38.8 Å². The SMILES string of the molecule is CCn1c2ccccc2c2cc(NC(=O)[C@H](C)NS(=O)(=O)c3c(C)noc3C)ccc21. The van der Waals surface area contributed by atoms with Crippen molar-refractivity contribution in [3.8, 4) is 0 Å². The molecule has 0 aliphatic carbocycles. The van der Waals surface area contributed by atoms with E-state index in [1.807, 2.05) is 30.3 Å². The minimum absolute atomic E-state index is 0.0408. The van der Waals surface area contributed by atoms with E-state index in [-0.39, 0.29) is 16.3 Å². The zero-order chi connectivity index (χ0) is 22.3. The molecule has 0 saturated carbocycles. The molecule has 0 radical (unpaired) electrons. The third-order valence-corrected chi connectivity index (χ3v) is 7.10. The average Bonchev–Trinajstić information content (AvgIpc) is 3.24. The highest BCUT2D eigenvalue weighted by molar-refractivity contribution is 7.89. The first kappa shape index (κ1) is 21.1. The van der Waals surface area contributed by atoms with Crippen LogP contribution in [0.2, 0.25) is 0 Å². The van der Waals surface area contributed by atoms with E-state index in [0.29, 0.717) is 5.69 Å². The van der Waals surface area contributed by atoms with E-state index in [1.165, 1.54) is 20.8 Å². The Balaban J connectivity index is 1.59. The van der Waals surface area contributed by atoms with E-state index >= 15 is 0 Å². The van der Waals surface area contributed by atoms with Crippen molar-refractivity contribution in [2.75, 3.05) is 5.32 Å². The van der Waals surface area contributed by atoms with E-state index in [1.54, 1.807) is 0 Å². The molecule has 0 fully saturated rings. The Kier molecular flexibility index (Phi) is 5.32. The highest BCUT2D eigenvalue weighted by Gasteiger charge is 2.28. The van der Waals surface area contributed by atoms with Crippen molar-refractivity contribution in [1.82, 2.24) is 14.4 Å². The van der Waals surface area contributed by atoms with Crippen LogP contribution in [0.1, 0.15) is 25.3 Å². The van der Waals surface area contributed by atoms with Gasteiger partial charge in [-0.25, -0.2) is 8.42 Å². The predicted octanol–water partition coefficient (Wildman–Crippen LogP) is 3.72. The molecule has 4 aromatic rings. The van der Waals surface area contributed by atoms with Gasteiger partial charge in [0.15, 0.2) is 5.76 Å². The Morgan fingerprint density at radius 2 is 1.84 bits per heavy atom. The standard InChI is InChI=1S/C22H24N4O4S/c1-5-26-19-9-7-6-8-17(19)18-12-16(10-11-20(18)26)23-22(27)14(3)25-31(28,29)21-13(2)24-30-15(21)4/h6-12,14,25H,5H2,1-4H3,(H,23,27)/t14-/m0/s1. The summed E-state index contributed by atoms with van der Waals surface area (Å²) < 4.78 is 34.9. The maximum absolute atomic E-state index is 12.7. The predicted molar refractivity (Wildman–Crippen MR) is 120 cm³/mol. The number of carbonyl (C=O) groups excluding carboxylic acids is 1. The molecule has 162 valence electrons. The van der Waals surface area contributed by atoms with E-state index in [4.69, 9.17) is 4.52 Å². The monoisotopic (exact) mass is 440 g/mol. The number of carbonyl (C=O) groups is 1. The molecule has 2 heterocycles. The third-order valence-electron chi connectivity index (χ3n) is 5.32. The van der Waals surface area contributed by atoms with Crippen LogP contribution in [0.5, 0.6) is 0 Å². The number of nitrogens with zero attached hydrogens (tertiary/aromatic N) is 2. The van der Waals surface area contributed by atoms with Crippen molar-refractivity contribution < 1.29 is 17.7 Å². The Morgan fingerprint density at radius 3 is 2.52 bits per heavy atom. The summed E-state index contributed by atoms with van der Waals surface area (Å²) in [6, 6.07) is 12.8. The first-order chi connectivity index (χ1) is 14.7. The lowest BCUT2D eigenvalue weighted by Crippen LogP contribution is -2.41. The molecular weight excluding hydrogens is 416 g/mol. The molecule has 0 aliphatic rings. The summed E-state index contributed by atoms with van der Waals surface area (Å²) in [6.45, 7) is 7.47. The van der Waals surface area contributed by atoms with Crippen LogP contribution in [0.25, 0.3) is 21.8 Å². The zero-order valence-electron chi connectivity index (χ0n) is 17.8. The lowest BCUT2D eigenvalue weighted by atomic mass is 10.1. The Hall–Kier alpha value is -3.17. The van der Waals surface area contributed by atoms with Gasteiger partial charge in [-0.15, -0.1) is 0 Å². The molecule has 8 nitrogen and oxygen atoms in total. The maximum Gasteiger partial charge on any atom is 0.246 e. The number of para-hydroxylation sites is 1. The largest absolute Gasteiger partial charge is 0.360 e. The van der Waals surface area contributed by atoms with Crippen LogP contribution in [-0.2, 0) is 21.4 Å². The molecule has 0 saturated heterocycles. The normalized spacial score (nSPS) is 13.0. The number of sulfonamides is 1. The fourth-order valence-corrected chi connectivity index (χ4v) is 5.46. The van der Waals surface area contributed by atoms with E-state index < -0.39 is 22.0 Å². The number of aryl methyl sites for hydroxylation is 3. The summed E-state index contributed by atoms with van der Waals surface area (Å²) in [5, 5.41) is 8.60. The number of benzene rings is 2. The summed E-state index contributed by atoms with van der Waals surface area (Å²) in [5.74, 6) is -0.288. The first-order valence-corrected chi connectivity index (χ1v) is 11.5. The number of hydrogen-bond donors (Lipinski definition) is 2. The molecule has 0 bridgehead atoms. The van der Waals surface area contributed by atoms with Gasteiger partial charge in [0, 0.05) is 34.0 Å². The lowest BCUT2D eigenvalue weighted by Gasteiger charge is -2.14. The summed E-state index contributed by atoms with van der Waals surface area (Å²) in [5.41, 5.74) is 3.05. The Labute approximate surface area is 180 Å². The van der Waals surface area contributed by atoms with Crippen LogP contribution >= 0.6 is 0 Å². The van der Waals surface area contributed by atoms with Crippen LogP contribution in [-0.4, -0.2) is 30.1 Å². The topological polar surface area (TPSA) is 106 Å². The molecule has 0 unspecified atom stereocenters. The highest BCUT2D eigenvalue weighted by Crippen LogP contribution is 2.31. The zero-order valence-corrected chi connectivity index (χ0v) is 18.6. The molecule has 2 aromatic heterocycles. The van der Waals surface area contributed by atoms with Gasteiger partial charge in [0.2, 0.25) is 15.9 Å². The molecule has 1 amide bonds. The average molecular weight is 441 g/mol. The van der Waals surface area contributed by atoms with Crippen LogP contribution < -0.4 is 10.0 Å². The van der Waals surface area contributed by atoms with Crippen molar-refractivity contribution in [2.24, 2.45) is 0 Å². The van der Waals surface area contributed by atoms with Crippen LogP contribution in [0.4, 0.5) is 5.69 Å². The molecule has 1 atom stereocenters. The molecule has 2 N–H and O–H groups in total. The smallest absolute Gasteiger partial charge is 0.246 e. The number of anilines is 1. The second-order valence-electron chi connectivity index (χ2n) is 7.48. The molecule has 4 rings (SSSR count). The minimum atomic E-state index is -3.95. The van der Waals surface area contributed by atoms with Crippen molar-refractivity contribution in [3.63, 3.8) is 0 Å². The number of nitrogens with one attached hydrogen (secondary N) is 2. The number of fused-ring (bicyclic) bond motifs is 3. The van der Waals surface area contributed by atoms with Crippen molar-refractivity contribution in [3.05, 3.63) is 53.9 Å². The number of rotatable bonds is 6. The summed E-state index contributed by atoms with van der Waals surface area (Å²) in [7, 11) is -3.95. The van der Waals surface area contributed by atoms with Crippen LogP contribution in [0.3, 0.4) is 0 Å². The molecular formula is C22H24N4O4S. The van der Waals surface area contributed by atoms with Crippen LogP contribution in [0.15, 0.2) is 51.9 Å². The van der Waals surface area contributed by atoms with E-state index in [9.17, 15) is 13.2 Å². The highest BCUT2D eigenvalue weighted by atomic mass is 32.2. The van der Waals surface area contributed by atoms with Gasteiger partial charge in [-0.05, 0) is 52.0 Å². The third kappa shape index (κ3) is 3.70. The fraction of sp³-hybridized carbons (Fsp3) is 0.273. The first-order valence-electron chi connectivity index (χ1n) is 10.00. The second-order valence-corrected chi connectivity index (χ2v) is 9.13. The summed E-state index contributed by atoms with van der Waals surface area (Å²) in [4.78, 5) is 12.7. The molecule has 2 aromatic carbocycles. The van der Waals surface area contributed by atoms with Gasteiger partial charge < -0.3 is 14.4 Å². The maximum atomic E-state index is 12.7. The summed E-state index contributed by atoms with van der Waals surface area (Å²) in [6.07, 6.45) is 0. The van der Waals surface area contributed by atoms with Gasteiger partial charge in [-0.3, -0.25) is 4.79 Å². The van der Waals surface area contributed by atoms with E-state index in [0.717, 1.165) is 28.4 Å².